The van der Waals surface area contributed by atoms with Crippen LogP contribution in [-0.4, -0.2) is 23.1 Å². The minimum absolute atomic E-state index is 0.0603. The normalized spacial score (nSPS) is 36.3. The fourth-order valence-electron chi connectivity index (χ4n) is 3.65. The van der Waals surface area contributed by atoms with Crippen LogP contribution < -0.4 is 0 Å². The molecule has 4 atom stereocenters. The zero-order valence-electron chi connectivity index (χ0n) is 15.6. The van der Waals surface area contributed by atoms with Crippen molar-refractivity contribution >= 4 is 11.9 Å². The van der Waals surface area contributed by atoms with E-state index in [-0.39, 0.29) is 18.0 Å². The van der Waals surface area contributed by atoms with Gasteiger partial charge in [-0.2, -0.15) is 0 Å². The maximum absolute atomic E-state index is 11.9. The Morgan fingerprint density at radius 3 is 2.56 bits per heavy atom. The predicted molar refractivity (Wildman–Crippen MR) is 98.0 cm³/mol. The van der Waals surface area contributed by atoms with E-state index in [1.807, 2.05) is 19.1 Å². The molecule has 1 aliphatic heterocycles. The Labute approximate surface area is 150 Å². The summed E-state index contributed by atoms with van der Waals surface area (Å²) in [4.78, 5) is 23.4. The number of carbonyl (C=O) groups is 2. The highest BCUT2D eigenvalue weighted by Crippen LogP contribution is 2.35. The Hall–Kier alpha value is -1.84. The van der Waals surface area contributed by atoms with Crippen LogP contribution in [0.15, 0.2) is 35.5 Å². The van der Waals surface area contributed by atoms with Crippen LogP contribution in [-0.2, 0) is 14.3 Å². The number of hydrogen-bond donors (Lipinski definition) is 1. The van der Waals surface area contributed by atoms with Gasteiger partial charge < -0.3 is 9.84 Å². The van der Waals surface area contributed by atoms with Crippen LogP contribution in [0.3, 0.4) is 0 Å². The number of carboxylic acids is 1. The van der Waals surface area contributed by atoms with Crippen molar-refractivity contribution < 1.29 is 19.4 Å². The zero-order chi connectivity index (χ0) is 18.6. The second kappa shape index (κ2) is 8.50. The van der Waals surface area contributed by atoms with E-state index in [1.165, 1.54) is 0 Å². The van der Waals surface area contributed by atoms with E-state index in [9.17, 15) is 14.7 Å². The molecule has 138 valence electrons. The van der Waals surface area contributed by atoms with Crippen LogP contribution in [0.1, 0.15) is 59.3 Å². The first-order valence-electron chi connectivity index (χ1n) is 9.29. The molecular formula is C21H30O4. The third-order valence-corrected chi connectivity index (χ3v) is 5.78. The van der Waals surface area contributed by atoms with Gasteiger partial charge in [0.1, 0.15) is 6.10 Å². The molecule has 1 fully saturated rings. The van der Waals surface area contributed by atoms with Gasteiger partial charge in [-0.15, -0.1) is 0 Å². The molecule has 1 heterocycles. The van der Waals surface area contributed by atoms with E-state index in [1.54, 1.807) is 0 Å². The summed E-state index contributed by atoms with van der Waals surface area (Å²) in [6, 6.07) is 0. The molecule has 4 nitrogen and oxygen atoms in total. The van der Waals surface area contributed by atoms with E-state index in [0.717, 1.165) is 31.3 Å². The quantitative estimate of drug-likeness (QED) is 0.426. The standard InChI is InChI=1S/C21H30O4/c1-13-6-5-7-17(20(22)23)10-8-14(2)15(3)9-11-18-16(4)21(24)25-19(18)12-13/h7,12,14-15,18-19H,4-6,8-11H2,1-3H3,(H,22,23)/b13-12+,17-7-/t14?,15?,18-,19+/m1/s1. The average Bonchev–Trinajstić information content (AvgIpc) is 2.81. The SMILES string of the molecule is C=C1C(=O)O[C@H]2/C=C(\C)CC/C=C(\C(=O)O)CCC(C)C(C)CC[C@H]12. The number of rotatable bonds is 1. The van der Waals surface area contributed by atoms with Gasteiger partial charge in [0.2, 0.25) is 0 Å². The maximum Gasteiger partial charge on any atom is 0.334 e. The molecule has 0 aromatic heterocycles. The lowest BCUT2D eigenvalue weighted by Crippen LogP contribution is -2.18. The molecule has 2 aliphatic rings. The smallest absolute Gasteiger partial charge is 0.334 e. The van der Waals surface area contributed by atoms with Crippen molar-refractivity contribution in [3.8, 4) is 0 Å². The lowest BCUT2D eigenvalue weighted by molar-refractivity contribution is -0.137. The molecule has 1 N–H and O–H groups in total. The van der Waals surface area contributed by atoms with Crippen LogP contribution in [0.25, 0.3) is 0 Å². The molecule has 0 aromatic rings. The van der Waals surface area contributed by atoms with Crippen LogP contribution in [0.2, 0.25) is 0 Å². The number of carbonyl (C=O) groups excluding carboxylic acids is 1. The van der Waals surface area contributed by atoms with E-state index in [4.69, 9.17) is 4.74 Å². The maximum atomic E-state index is 11.9. The van der Waals surface area contributed by atoms with Gasteiger partial charge in [-0.1, -0.05) is 32.1 Å². The highest BCUT2D eigenvalue weighted by Gasteiger charge is 2.37. The number of ether oxygens (including phenoxy) is 1. The van der Waals surface area contributed by atoms with Crippen LogP contribution >= 0.6 is 0 Å². The van der Waals surface area contributed by atoms with E-state index in [0.29, 0.717) is 35.8 Å². The molecule has 2 unspecified atom stereocenters. The fraction of sp³-hybridized carbons (Fsp3) is 0.619. The van der Waals surface area contributed by atoms with Gasteiger partial charge in [0, 0.05) is 17.1 Å². The molecule has 2 rings (SSSR count). The molecule has 1 saturated heterocycles. The first-order chi connectivity index (χ1) is 11.8. The second-order valence-electron chi connectivity index (χ2n) is 7.66. The van der Waals surface area contributed by atoms with Crippen molar-refractivity contribution in [1.82, 2.24) is 0 Å². The zero-order valence-corrected chi connectivity index (χ0v) is 15.6. The Bertz CT molecular complexity index is 599. The molecular weight excluding hydrogens is 316 g/mol. The summed E-state index contributed by atoms with van der Waals surface area (Å²) >= 11 is 0. The third kappa shape index (κ3) is 5.07. The molecule has 0 bridgehead atoms. The number of allylic oxidation sites excluding steroid dienone is 2. The minimum Gasteiger partial charge on any atom is -0.478 e. The summed E-state index contributed by atoms with van der Waals surface area (Å²) in [7, 11) is 0. The summed E-state index contributed by atoms with van der Waals surface area (Å²) in [5.41, 5.74) is 2.23. The van der Waals surface area contributed by atoms with Crippen molar-refractivity contribution in [2.75, 3.05) is 0 Å². The van der Waals surface area contributed by atoms with Crippen molar-refractivity contribution in [2.45, 2.75) is 65.4 Å². The number of hydrogen-bond acceptors (Lipinski definition) is 3. The topological polar surface area (TPSA) is 63.6 Å². The van der Waals surface area contributed by atoms with E-state index in [2.05, 4.69) is 20.4 Å². The summed E-state index contributed by atoms with van der Waals surface area (Å²) in [5, 5.41) is 9.39. The van der Waals surface area contributed by atoms with Crippen molar-refractivity contribution in [3.63, 3.8) is 0 Å². The molecule has 0 radical (unpaired) electrons. The van der Waals surface area contributed by atoms with Crippen molar-refractivity contribution in [3.05, 3.63) is 35.5 Å². The monoisotopic (exact) mass is 346 g/mol. The van der Waals surface area contributed by atoms with Crippen molar-refractivity contribution in [2.24, 2.45) is 17.8 Å². The summed E-state index contributed by atoms with van der Waals surface area (Å²) < 4.78 is 5.50. The first kappa shape index (κ1) is 19.5. The lowest BCUT2D eigenvalue weighted by Gasteiger charge is -2.23. The van der Waals surface area contributed by atoms with Crippen molar-refractivity contribution in [1.29, 1.82) is 0 Å². The molecule has 0 spiro atoms. The highest BCUT2D eigenvalue weighted by molar-refractivity contribution is 5.91. The van der Waals surface area contributed by atoms with E-state index >= 15 is 0 Å². The first-order valence-corrected chi connectivity index (χ1v) is 9.29. The van der Waals surface area contributed by atoms with Gasteiger partial charge >= 0.3 is 11.9 Å². The van der Waals surface area contributed by atoms with Gasteiger partial charge in [0.05, 0.1) is 0 Å². The summed E-state index contributed by atoms with van der Waals surface area (Å²) in [5.74, 6) is -0.128. The predicted octanol–water partition coefficient (Wildman–Crippen LogP) is 4.67. The highest BCUT2D eigenvalue weighted by atomic mass is 16.5. The van der Waals surface area contributed by atoms with E-state index < -0.39 is 5.97 Å². The lowest BCUT2D eigenvalue weighted by atomic mass is 9.82. The fourth-order valence-corrected chi connectivity index (χ4v) is 3.65. The Kier molecular flexibility index (Phi) is 6.63. The van der Waals surface area contributed by atoms with Crippen LogP contribution in [0, 0.1) is 17.8 Å². The Morgan fingerprint density at radius 1 is 1.20 bits per heavy atom. The molecule has 0 saturated carbocycles. The Morgan fingerprint density at radius 2 is 1.88 bits per heavy atom. The number of aliphatic carboxylic acids is 1. The Balaban J connectivity index is 2.23. The average molecular weight is 346 g/mol. The molecule has 25 heavy (non-hydrogen) atoms. The molecule has 4 heteroatoms. The second-order valence-corrected chi connectivity index (χ2v) is 7.66. The minimum atomic E-state index is -0.810. The molecule has 1 aliphatic carbocycles. The van der Waals surface area contributed by atoms with Gasteiger partial charge in [-0.25, -0.2) is 9.59 Å². The van der Waals surface area contributed by atoms with Gasteiger partial charge in [0.15, 0.2) is 0 Å². The number of esters is 1. The van der Waals surface area contributed by atoms with Gasteiger partial charge in [-0.05, 0) is 63.4 Å². The molecule has 0 aromatic carbocycles. The number of carboxylic acid groups (broad SMARTS) is 1. The summed E-state index contributed by atoms with van der Waals surface area (Å²) in [6.45, 7) is 10.3. The third-order valence-electron chi connectivity index (χ3n) is 5.78. The largest absolute Gasteiger partial charge is 0.478 e. The van der Waals surface area contributed by atoms with Gasteiger partial charge in [0.25, 0.3) is 0 Å². The van der Waals surface area contributed by atoms with Crippen LogP contribution in [0.4, 0.5) is 0 Å². The van der Waals surface area contributed by atoms with Gasteiger partial charge in [-0.3, -0.25) is 0 Å². The molecule has 0 amide bonds. The van der Waals surface area contributed by atoms with Crippen LogP contribution in [0.5, 0.6) is 0 Å². The summed E-state index contributed by atoms with van der Waals surface area (Å²) in [6.07, 6.45) is 8.46. The number of fused-ring (bicyclic) bond motifs is 1.